The maximum absolute atomic E-state index is 13.4. The molecule has 0 unspecified atom stereocenters. The van der Waals surface area contributed by atoms with Crippen molar-refractivity contribution >= 4 is 22.7 Å². The molecule has 156 valence electrons. The summed E-state index contributed by atoms with van der Waals surface area (Å²) in [5.41, 5.74) is 2.88. The van der Waals surface area contributed by atoms with Crippen LogP contribution in [0.25, 0.3) is 22.0 Å². The summed E-state index contributed by atoms with van der Waals surface area (Å²) in [6, 6.07) is 18.6. The first-order valence-electron chi connectivity index (χ1n) is 10.2. The molecule has 7 heteroatoms. The molecular weight excluding hydrogens is 393 g/mol. The number of aromatic nitrogens is 3. The highest BCUT2D eigenvalue weighted by Crippen LogP contribution is 2.29. The minimum Gasteiger partial charge on any atom is -0.481 e. The average Bonchev–Trinajstić information content (AvgIpc) is 2.84. The zero-order valence-corrected chi connectivity index (χ0v) is 17.2. The number of rotatable bonds is 4. The van der Waals surface area contributed by atoms with Crippen LogP contribution in [0.15, 0.2) is 66.9 Å². The van der Waals surface area contributed by atoms with Crippen molar-refractivity contribution in [3.63, 3.8) is 0 Å². The lowest BCUT2D eigenvalue weighted by atomic mass is 10.0. The Kier molecular flexibility index (Phi) is 5.08. The Morgan fingerprint density at radius 3 is 2.39 bits per heavy atom. The van der Waals surface area contributed by atoms with Gasteiger partial charge in [0.15, 0.2) is 0 Å². The van der Waals surface area contributed by atoms with Gasteiger partial charge in [0.05, 0.1) is 12.6 Å². The van der Waals surface area contributed by atoms with E-state index in [0.29, 0.717) is 11.8 Å². The molecule has 5 rings (SSSR count). The zero-order chi connectivity index (χ0) is 21.2. The van der Waals surface area contributed by atoms with Crippen molar-refractivity contribution in [1.82, 2.24) is 15.0 Å². The Morgan fingerprint density at radius 1 is 0.839 bits per heavy atom. The third-order valence-electron chi connectivity index (χ3n) is 5.57. The van der Waals surface area contributed by atoms with Gasteiger partial charge in [0.25, 0.3) is 0 Å². The molecule has 0 spiro atoms. The number of hydrogen-bond acceptors (Lipinski definition) is 6. The lowest BCUT2D eigenvalue weighted by Crippen LogP contribution is -2.47. The molecule has 3 heterocycles. The smallest absolute Gasteiger partial charge is 0.228 e. The molecule has 1 aliphatic rings. The highest BCUT2D eigenvalue weighted by molar-refractivity contribution is 5.94. The molecule has 1 saturated heterocycles. The molecule has 6 nitrogen and oxygen atoms in total. The largest absolute Gasteiger partial charge is 0.481 e. The number of pyridine rings is 1. The summed E-state index contributed by atoms with van der Waals surface area (Å²) >= 11 is 0. The molecule has 31 heavy (non-hydrogen) atoms. The summed E-state index contributed by atoms with van der Waals surface area (Å²) in [6.45, 7) is 3.23. The van der Waals surface area contributed by atoms with Gasteiger partial charge in [0.1, 0.15) is 11.6 Å². The van der Waals surface area contributed by atoms with Crippen molar-refractivity contribution in [3.05, 3.63) is 72.7 Å². The molecule has 2 aromatic carbocycles. The summed E-state index contributed by atoms with van der Waals surface area (Å²) in [7, 11) is 1.61. The lowest BCUT2D eigenvalue weighted by molar-refractivity contribution is 0.396. The first kappa shape index (κ1) is 19.2. The molecule has 0 atom stereocenters. The Hall–Kier alpha value is -3.74. The van der Waals surface area contributed by atoms with E-state index in [4.69, 9.17) is 9.72 Å². The maximum atomic E-state index is 13.4. The van der Waals surface area contributed by atoms with Crippen LogP contribution in [0.4, 0.5) is 16.2 Å². The molecule has 0 bridgehead atoms. The van der Waals surface area contributed by atoms with Gasteiger partial charge in [0, 0.05) is 49.4 Å². The van der Waals surface area contributed by atoms with Crippen molar-refractivity contribution in [2.24, 2.45) is 0 Å². The number of nitrogens with zero attached hydrogens (tertiary/aromatic N) is 5. The second-order valence-corrected chi connectivity index (χ2v) is 7.43. The zero-order valence-electron chi connectivity index (χ0n) is 17.2. The van der Waals surface area contributed by atoms with Gasteiger partial charge in [-0.1, -0.05) is 30.3 Å². The number of ether oxygens (including phenoxy) is 1. The molecular formula is C24H22FN5O. The monoisotopic (exact) mass is 415 g/mol. The fourth-order valence-electron chi connectivity index (χ4n) is 3.91. The van der Waals surface area contributed by atoms with E-state index in [2.05, 4.69) is 38.0 Å². The van der Waals surface area contributed by atoms with Gasteiger partial charge in [-0.2, -0.15) is 4.98 Å². The van der Waals surface area contributed by atoms with Crippen LogP contribution in [-0.2, 0) is 0 Å². The predicted molar refractivity (Wildman–Crippen MR) is 120 cm³/mol. The SMILES string of the molecule is COc1ccnc(N2CCN(c3ccc4cccc(-c5ccc(F)cc5)c4n3)CC2)n1. The number of anilines is 2. The van der Waals surface area contributed by atoms with Gasteiger partial charge < -0.3 is 14.5 Å². The molecule has 0 radical (unpaired) electrons. The molecule has 1 aliphatic heterocycles. The van der Waals surface area contributed by atoms with Gasteiger partial charge in [-0.3, -0.25) is 0 Å². The molecule has 0 aliphatic carbocycles. The summed E-state index contributed by atoms with van der Waals surface area (Å²) in [5.74, 6) is 1.95. The predicted octanol–water partition coefficient (Wildman–Crippen LogP) is 4.17. The van der Waals surface area contributed by atoms with Crippen LogP contribution in [0.5, 0.6) is 5.88 Å². The van der Waals surface area contributed by atoms with E-state index >= 15 is 0 Å². The summed E-state index contributed by atoms with van der Waals surface area (Å²) in [5, 5.41) is 1.06. The van der Waals surface area contributed by atoms with E-state index in [1.54, 1.807) is 31.5 Å². The standard InChI is InChI=1S/C24H22FN5O/c1-31-22-11-12-26-24(28-22)30-15-13-29(14-16-30)21-10-7-18-3-2-4-20(23(18)27-21)17-5-8-19(25)9-6-17/h2-12H,13-16H2,1H3. The van der Waals surface area contributed by atoms with Crippen LogP contribution in [0.1, 0.15) is 0 Å². The molecule has 4 aromatic rings. The fourth-order valence-corrected chi connectivity index (χ4v) is 3.91. The minimum absolute atomic E-state index is 0.240. The highest BCUT2D eigenvalue weighted by Gasteiger charge is 2.21. The Labute approximate surface area is 180 Å². The normalized spacial score (nSPS) is 14.1. The molecule has 0 N–H and O–H groups in total. The van der Waals surface area contributed by atoms with E-state index in [0.717, 1.165) is 54.0 Å². The number of halogens is 1. The summed E-state index contributed by atoms with van der Waals surface area (Å²) < 4.78 is 18.6. The molecule has 0 amide bonds. The van der Waals surface area contributed by atoms with Crippen LogP contribution >= 0.6 is 0 Å². The van der Waals surface area contributed by atoms with Gasteiger partial charge in [-0.05, 0) is 29.8 Å². The Morgan fingerprint density at radius 2 is 1.61 bits per heavy atom. The first-order valence-corrected chi connectivity index (χ1v) is 10.2. The average molecular weight is 415 g/mol. The van der Waals surface area contributed by atoms with E-state index in [-0.39, 0.29) is 5.82 Å². The van der Waals surface area contributed by atoms with Gasteiger partial charge >= 0.3 is 0 Å². The highest BCUT2D eigenvalue weighted by atomic mass is 19.1. The lowest BCUT2D eigenvalue weighted by Gasteiger charge is -2.35. The van der Waals surface area contributed by atoms with E-state index in [1.807, 2.05) is 12.1 Å². The van der Waals surface area contributed by atoms with Crippen molar-refractivity contribution in [2.75, 3.05) is 43.1 Å². The molecule has 2 aromatic heterocycles. The third-order valence-corrected chi connectivity index (χ3v) is 5.57. The van der Waals surface area contributed by atoms with Gasteiger partial charge in [-0.15, -0.1) is 0 Å². The third kappa shape index (κ3) is 3.86. The number of fused-ring (bicyclic) bond motifs is 1. The minimum atomic E-state index is -0.240. The number of benzene rings is 2. The first-order chi connectivity index (χ1) is 15.2. The van der Waals surface area contributed by atoms with Crippen molar-refractivity contribution < 1.29 is 9.13 Å². The van der Waals surface area contributed by atoms with Crippen molar-refractivity contribution in [1.29, 1.82) is 0 Å². The van der Waals surface area contributed by atoms with Gasteiger partial charge in [-0.25, -0.2) is 14.4 Å². The van der Waals surface area contributed by atoms with Crippen LogP contribution in [0.3, 0.4) is 0 Å². The number of piperazine rings is 1. The Bertz CT molecular complexity index is 1210. The number of methoxy groups -OCH3 is 1. The fraction of sp³-hybridized carbons (Fsp3) is 0.208. The number of para-hydroxylation sites is 1. The van der Waals surface area contributed by atoms with E-state index < -0.39 is 0 Å². The summed E-state index contributed by atoms with van der Waals surface area (Å²) in [4.78, 5) is 18.2. The quantitative estimate of drug-likeness (QED) is 0.499. The molecule has 0 saturated carbocycles. The topological polar surface area (TPSA) is 54.4 Å². The van der Waals surface area contributed by atoms with Crippen LogP contribution in [0, 0.1) is 5.82 Å². The van der Waals surface area contributed by atoms with Crippen LogP contribution in [-0.4, -0.2) is 48.2 Å². The van der Waals surface area contributed by atoms with Gasteiger partial charge in [0.2, 0.25) is 11.8 Å². The number of hydrogen-bond donors (Lipinski definition) is 0. The molecule has 1 fully saturated rings. The van der Waals surface area contributed by atoms with Crippen molar-refractivity contribution in [3.8, 4) is 17.0 Å². The van der Waals surface area contributed by atoms with E-state index in [1.165, 1.54) is 12.1 Å². The Balaban J connectivity index is 1.40. The van der Waals surface area contributed by atoms with Crippen LogP contribution in [0.2, 0.25) is 0 Å². The maximum Gasteiger partial charge on any atom is 0.228 e. The van der Waals surface area contributed by atoms with Crippen molar-refractivity contribution in [2.45, 2.75) is 0 Å². The summed E-state index contributed by atoms with van der Waals surface area (Å²) in [6.07, 6.45) is 1.72. The second-order valence-electron chi connectivity index (χ2n) is 7.43. The van der Waals surface area contributed by atoms with Crippen LogP contribution < -0.4 is 14.5 Å². The second kappa shape index (κ2) is 8.18. The van der Waals surface area contributed by atoms with E-state index in [9.17, 15) is 4.39 Å².